The maximum Gasteiger partial charge on any atom is 0.185 e. The standard InChI is InChI=1S/C11H5FIN3/c12-10-9(5-14)15-6-16-11(10)7-1-3-8(13)4-2-7/h1-4,6H. The number of aromatic nitrogens is 2. The number of benzene rings is 1. The topological polar surface area (TPSA) is 49.6 Å². The fourth-order valence-corrected chi connectivity index (χ4v) is 1.62. The predicted octanol–water partition coefficient (Wildman–Crippen LogP) is 2.76. The molecule has 1 aromatic carbocycles. The van der Waals surface area contributed by atoms with Crippen molar-refractivity contribution in [3.05, 3.63) is 45.7 Å². The van der Waals surface area contributed by atoms with Gasteiger partial charge in [-0.15, -0.1) is 0 Å². The van der Waals surface area contributed by atoms with Crippen LogP contribution in [0.5, 0.6) is 0 Å². The number of hydrogen-bond acceptors (Lipinski definition) is 3. The largest absolute Gasteiger partial charge is 0.233 e. The summed E-state index contributed by atoms with van der Waals surface area (Å²) in [6.07, 6.45) is 1.19. The van der Waals surface area contributed by atoms with Crippen molar-refractivity contribution in [2.45, 2.75) is 0 Å². The van der Waals surface area contributed by atoms with Gasteiger partial charge in [0.1, 0.15) is 18.1 Å². The van der Waals surface area contributed by atoms with Gasteiger partial charge in [0, 0.05) is 9.13 Å². The number of hydrogen-bond donors (Lipinski definition) is 0. The summed E-state index contributed by atoms with van der Waals surface area (Å²) in [5, 5.41) is 8.65. The summed E-state index contributed by atoms with van der Waals surface area (Å²) >= 11 is 2.16. The van der Waals surface area contributed by atoms with Gasteiger partial charge in [0.2, 0.25) is 0 Å². The SMILES string of the molecule is N#Cc1ncnc(-c2ccc(I)cc2)c1F. The number of rotatable bonds is 1. The van der Waals surface area contributed by atoms with Crippen molar-refractivity contribution in [1.82, 2.24) is 9.97 Å². The van der Waals surface area contributed by atoms with Crippen LogP contribution in [0.25, 0.3) is 11.3 Å². The quantitative estimate of drug-likeness (QED) is 0.758. The fraction of sp³-hybridized carbons (Fsp3) is 0. The monoisotopic (exact) mass is 325 g/mol. The minimum Gasteiger partial charge on any atom is -0.233 e. The Kier molecular flexibility index (Phi) is 3.10. The number of nitrogens with zero attached hydrogens (tertiary/aromatic N) is 3. The third kappa shape index (κ3) is 2.02. The highest BCUT2D eigenvalue weighted by molar-refractivity contribution is 14.1. The maximum atomic E-state index is 13.7. The van der Waals surface area contributed by atoms with Gasteiger partial charge in [-0.1, -0.05) is 12.1 Å². The minimum atomic E-state index is -0.675. The lowest BCUT2D eigenvalue weighted by molar-refractivity contribution is 0.613. The van der Waals surface area contributed by atoms with Crippen LogP contribution in [0.2, 0.25) is 0 Å². The molecule has 16 heavy (non-hydrogen) atoms. The Labute approximate surface area is 105 Å². The molecule has 0 amide bonds. The van der Waals surface area contributed by atoms with E-state index in [1.54, 1.807) is 18.2 Å². The molecule has 0 aliphatic carbocycles. The van der Waals surface area contributed by atoms with Crippen molar-refractivity contribution >= 4 is 22.6 Å². The van der Waals surface area contributed by atoms with E-state index in [2.05, 4.69) is 32.6 Å². The number of halogens is 2. The van der Waals surface area contributed by atoms with Crippen molar-refractivity contribution in [1.29, 1.82) is 5.26 Å². The third-order valence-electron chi connectivity index (χ3n) is 2.01. The molecule has 0 bridgehead atoms. The van der Waals surface area contributed by atoms with Gasteiger partial charge < -0.3 is 0 Å². The zero-order chi connectivity index (χ0) is 11.5. The van der Waals surface area contributed by atoms with Gasteiger partial charge in [-0.05, 0) is 34.7 Å². The van der Waals surface area contributed by atoms with E-state index in [1.165, 1.54) is 6.33 Å². The van der Waals surface area contributed by atoms with Crippen molar-refractivity contribution in [3.8, 4) is 17.3 Å². The molecule has 2 aromatic rings. The molecule has 5 heteroatoms. The first-order chi connectivity index (χ1) is 7.72. The van der Waals surface area contributed by atoms with Crippen LogP contribution in [0, 0.1) is 20.7 Å². The van der Waals surface area contributed by atoms with Crippen LogP contribution >= 0.6 is 22.6 Å². The third-order valence-corrected chi connectivity index (χ3v) is 2.73. The van der Waals surface area contributed by atoms with Crippen LogP contribution in [0.1, 0.15) is 5.69 Å². The van der Waals surface area contributed by atoms with E-state index in [0.717, 1.165) is 3.57 Å². The van der Waals surface area contributed by atoms with Crippen LogP contribution < -0.4 is 0 Å². The normalized spacial score (nSPS) is 9.81. The van der Waals surface area contributed by atoms with Gasteiger partial charge in [0.25, 0.3) is 0 Å². The first-order valence-corrected chi connectivity index (χ1v) is 5.47. The lowest BCUT2D eigenvalue weighted by atomic mass is 10.1. The van der Waals surface area contributed by atoms with E-state index in [4.69, 9.17) is 5.26 Å². The Bertz CT molecular complexity index is 560. The highest BCUT2D eigenvalue weighted by atomic mass is 127. The minimum absolute atomic E-state index is 0.156. The van der Waals surface area contributed by atoms with E-state index >= 15 is 0 Å². The molecular formula is C11H5FIN3. The van der Waals surface area contributed by atoms with Crippen molar-refractivity contribution in [2.75, 3.05) is 0 Å². The molecule has 1 aromatic heterocycles. The summed E-state index contributed by atoms with van der Waals surface area (Å²) < 4.78 is 14.8. The summed E-state index contributed by atoms with van der Waals surface area (Å²) in [6, 6.07) is 8.91. The van der Waals surface area contributed by atoms with E-state index in [1.807, 2.05) is 12.1 Å². The lowest BCUT2D eigenvalue weighted by Crippen LogP contribution is -1.96. The fourth-order valence-electron chi connectivity index (χ4n) is 1.26. The molecule has 0 fully saturated rings. The molecule has 2 rings (SSSR count). The first-order valence-electron chi connectivity index (χ1n) is 4.39. The van der Waals surface area contributed by atoms with Gasteiger partial charge in [-0.3, -0.25) is 0 Å². The molecule has 0 atom stereocenters. The van der Waals surface area contributed by atoms with E-state index in [9.17, 15) is 4.39 Å². The summed E-state index contributed by atoms with van der Waals surface area (Å²) in [4.78, 5) is 7.40. The molecule has 3 nitrogen and oxygen atoms in total. The van der Waals surface area contributed by atoms with E-state index in [0.29, 0.717) is 5.56 Å². The Hall–Kier alpha value is -1.55. The Morgan fingerprint density at radius 3 is 2.50 bits per heavy atom. The molecule has 0 spiro atoms. The zero-order valence-corrected chi connectivity index (χ0v) is 10.1. The number of nitriles is 1. The predicted molar refractivity (Wildman–Crippen MR) is 64.9 cm³/mol. The zero-order valence-electron chi connectivity index (χ0n) is 7.98. The average Bonchev–Trinajstić information content (AvgIpc) is 2.31. The van der Waals surface area contributed by atoms with Crippen molar-refractivity contribution in [3.63, 3.8) is 0 Å². The van der Waals surface area contributed by atoms with Crippen LogP contribution in [0.15, 0.2) is 30.6 Å². The van der Waals surface area contributed by atoms with Gasteiger partial charge in [-0.25, -0.2) is 14.4 Å². The molecule has 0 N–H and O–H groups in total. The first kappa shape index (κ1) is 11.0. The van der Waals surface area contributed by atoms with Crippen molar-refractivity contribution < 1.29 is 4.39 Å². The van der Waals surface area contributed by atoms with Gasteiger partial charge in [0.05, 0.1) is 0 Å². The van der Waals surface area contributed by atoms with Gasteiger partial charge in [0.15, 0.2) is 11.5 Å². The summed E-state index contributed by atoms with van der Waals surface area (Å²) in [7, 11) is 0. The molecule has 0 saturated heterocycles. The van der Waals surface area contributed by atoms with Crippen LogP contribution in [-0.2, 0) is 0 Å². The summed E-state index contributed by atoms with van der Waals surface area (Å²) in [5.74, 6) is -0.675. The Balaban J connectivity index is 2.57. The van der Waals surface area contributed by atoms with E-state index < -0.39 is 5.82 Å². The smallest absolute Gasteiger partial charge is 0.185 e. The second-order valence-corrected chi connectivity index (χ2v) is 4.25. The lowest BCUT2D eigenvalue weighted by Gasteiger charge is -2.02. The van der Waals surface area contributed by atoms with Crippen LogP contribution in [-0.4, -0.2) is 9.97 Å². The molecule has 78 valence electrons. The highest BCUT2D eigenvalue weighted by Crippen LogP contribution is 2.21. The second kappa shape index (κ2) is 4.53. The van der Waals surface area contributed by atoms with Crippen LogP contribution in [0.3, 0.4) is 0 Å². The van der Waals surface area contributed by atoms with Crippen LogP contribution in [0.4, 0.5) is 4.39 Å². The van der Waals surface area contributed by atoms with E-state index in [-0.39, 0.29) is 11.4 Å². The summed E-state index contributed by atoms with van der Waals surface area (Å²) in [5.41, 5.74) is 0.559. The molecular weight excluding hydrogens is 320 g/mol. The Morgan fingerprint density at radius 2 is 1.88 bits per heavy atom. The molecule has 0 unspecified atom stereocenters. The molecule has 0 aliphatic heterocycles. The van der Waals surface area contributed by atoms with Gasteiger partial charge in [-0.2, -0.15) is 5.26 Å². The second-order valence-electron chi connectivity index (χ2n) is 3.00. The Morgan fingerprint density at radius 1 is 1.19 bits per heavy atom. The van der Waals surface area contributed by atoms with Crippen molar-refractivity contribution in [2.24, 2.45) is 0 Å². The maximum absolute atomic E-state index is 13.7. The summed E-state index contributed by atoms with van der Waals surface area (Å²) in [6.45, 7) is 0. The molecule has 1 heterocycles. The molecule has 0 radical (unpaired) electrons. The average molecular weight is 325 g/mol. The van der Waals surface area contributed by atoms with Gasteiger partial charge >= 0.3 is 0 Å². The highest BCUT2D eigenvalue weighted by Gasteiger charge is 2.11. The molecule has 0 aliphatic rings. The molecule has 0 saturated carbocycles.